The van der Waals surface area contributed by atoms with Crippen molar-refractivity contribution in [3.05, 3.63) is 42.2 Å². The van der Waals surface area contributed by atoms with Gasteiger partial charge in [0.05, 0.1) is 6.42 Å². The van der Waals surface area contributed by atoms with Gasteiger partial charge in [0.25, 0.3) is 5.89 Å². The van der Waals surface area contributed by atoms with Gasteiger partial charge in [0.15, 0.2) is 5.82 Å². The Labute approximate surface area is 131 Å². The van der Waals surface area contributed by atoms with Crippen LogP contribution in [0.1, 0.15) is 12.2 Å². The number of aromatic nitrogens is 3. The highest BCUT2D eigenvalue weighted by Gasteiger charge is 2.11. The lowest BCUT2D eigenvalue weighted by Crippen LogP contribution is -2.15. The molecular formula is C15H14N4O4. The number of nitrogens with one attached hydrogen (secondary N) is 1. The first-order chi connectivity index (χ1) is 11.2. The molecule has 3 rings (SSSR count). The van der Waals surface area contributed by atoms with Crippen LogP contribution < -0.4 is 10.1 Å². The molecule has 0 radical (unpaired) electrons. The second kappa shape index (κ2) is 6.73. The minimum absolute atomic E-state index is 0.0222. The molecule has 0 aliphatic heterocycles. The standard InChI is InChI=1S/C15H14N4O4/c1-10-9-12(19-23-10)16-13(20)7-8-21-15-18-17-14(22-15)11-5-3-2-4-6-11/h2-6,9H,7-8H2,1H3,(H,16,19,20). The molecule has 0 saturated carbocycles. The lowest BCUT2D eigenvalue weighted by molar-refractivity contribution is -0.116. The first-order valence-electron chi connectivity index (χ1n) is 6.95. The topological polar surface area (TPSA) is 103 Å². The van der Waals surface area contributed by atoms with Crippen LogP contribution >= 0.6 is 0 Å². The summed E-state index contributed by atoms with van der Waals surface area (Å²) in [4.78, 5) is 11.7. The van der Waals surface area contributed by atoms with E-state index in [0.29, 0.717) is 17.5 Å². The van der Waals surface area contributed by atoms with E-state index in [1.807, 2.05) is 30.3 Å². The molecule has 118 valence electrons. The van der Waals surface area contributed by atoms with Crippen LogP contribution in [0.2, 0.25) is 0 Å². The minimum atomic E-state index is -0.249. The fourth-order valence-corrected chi connectivity index (χ4v) is 1.83. The van der Waals surface area contributed by atoms with Crippen LogP contribution in [0.5, 0.6) is 6.08 Å². The van der Waals surface area contributed by atoms with E-state index in [2.05, 4.69) is 20.7 Å². The maximum absolute atomic E-state index is 11.7. The average Bonchev–Trinajstić information content (AvgIpc) is 3.17. The summed E-state index contributed by atoms with van der Waals surface area (Å²) in [5, 5.41) is 13.9. The van der Waals surface area contributed by atoms with E-state index in [1.54, 1.807) is 13.0 Å². The SMILES string of the molecule is Cc1cc(NC(=O)CCOc2nnc(-c3ccccc3)o2)no1. The third-order valence-electron chi connectivity index (χ3n) is 2.88. The molecule has 0 aliphatic rings. The summed E-state index contributed by atoms with van der Waals surface area (Å²) in [5.74, 6) is 1.11. The average molecular weight is 314 g/mol. The van der Waals surface area contributed by atoms with E-state index in [4.69, 9.17) is 13.7 Å². The molecule has 0 unspecified atom stereocenters. The number of nitrogens with zero attached hydrogens (tertiary/aromatic N) is 3. The molecule has 0 atom stereocenters. The van der Waals surface area contributed by atoms with Crippen molar-refractivity contribution < 1.29 is 18.5 Å². The maximum Gasteiger partial charge on any atom is 0.414 e. The van der Waals surface area contributed by atoms with Crippen LogP contribution in [-0.2, 0) is 4.79 Å². The lowest BCUT2D eigenvalue weighted by Gasteiger charge is -2.01. The monoisotopic (exact) mass is 314 g/mol. The molecule has 1 amide bonds. The normalized spacial score (nSPS) is 10.5. The maximum atomic E-state index is 11.7. The Kier molecular flexibility index (Phi) is 4.32. The van der Waals surface area contributed by atoms with Crippen molar-refractivity contribution in [3.63, 3.8) is 0 Å². The highest BCUT2D eigenvalue weighted by atomic mass is 16.6. The van der Waals surface area contributed by atoms with Gasteiger partial charge >= 0.3 is 6.08 Å². The summed E-state index contributed by atoms with van der Waals surface area (Å²) in [6.07, 6.45) is 0.142. The molecule has 8 nitrogen and oxygen atoms in total. The van der Waals surface area contributed by atoms with Crippen LogP contribution in [-0.4, -0.2) is 27.9 Å². The van der Waals surface area contributed by atoms with Gasteiger partial charge in [-0.05, 0) is 19.1 Å². The van der Waals surface area contributed by atoms with Gasteiger partial charge < -0.3 is 19.0 Å². The van der Waals surface area contributed by atoms with Gasteiger partial charge in [-0.15, -0.1) is 5.10 Å². The Morgan fingerprint density at radius 1 is 1.26 bits per heavy atom. The fraction of sp³-hybridized carbons (Fsp3) is 0.200. The van der Waals surface area contributed by atoms with E-state index in [-0.39, 0.29) is 25.0 Å². The second-order valence-corrected chi connectivity index (χ2v) is 4.71. The first kappa shape index (κ1) is 14.8. The van der Waals surface area contributed by atoms with E-state index in [9.17, 15) is 4.79 Å². The summed E-state index contributed by atoms with van der Waals surface area (Å²) in [5.41, 5.74) is 0.800. The van der Waals surface area contributed by atoms with Crippen molar-refractivity contribution in [2.24, 2.45) is 0 Å². The molecule has 0 aliphatic carbocycles. The largest absolute Gasteiger partial charge is 0.448 e. The third-order valence-corrected chi connectivity index (χ3v) is 2.88. The number of carbonyl (C=O) groups is 1. The zero-order chi connectivity index (χ0) is 16.1. The Balaban J connectivity index is 1.47. The Hall–Kier alpha value is -3.16. The van der Waals surface area contributed by atoms with Crippen molar-refractivity contribution >= 4 is 11.7 Å². The molecule has 0 bridgehead atoms. The zero-order valence-electron chi connectivity index (χ0n) is 12.4. The molecule has 0 saturated heterocycles. The predicted molar refractivity (Wildman–Crippen MR) is 79.7 cm³/mol. The summed E-state index contributed by atoms with van der Waals surface area (Å²) >= 11 is 0. The minimum Gasteiger partial charge on any atom is -0.448 e. The number of ether oxygens (including phenoxy) is 1. The third kappa shape index (κ3) is 3.94. The predicted octanol–water partition coefficient (Wildman–Crippen LogP) is 2.44. The summed E-state index contributed by atoms with van der Waals surface area (Å²) in [6, 6.07) is 11.0. The Morgan fingerprint density at radius 3 is 2.83 bits per heavy atom. The molecule has 2 heterocycles. The van der Waals surface area contributed by atoms with Gasteiger partial charge in [0.1, 0.15) is 12.4 Å². The van der Waals surface area contributed by atoms with Crippen LogP contribution in [0.25, 0.3) is 11.5 Å². The van der Waals surface area contributed by atoms with Crippen molar-refractivity contribution in [2.45, 2.75) is 13.3 Å². The van der Waals surface area contributed by atoms with Crippen molar-refractivity contribution in [3.8, 4) is 17.5 Å². The molecule has 3 aromatic rings. The number of hydrogen-bond acceptors (Lipinski definition) is 7. The number of amides is 1. The second-order valence-electron chi connectivity index (χ2n) is 4.71. The number of hydrogen-bond donors (Lipinski definition) is 1. The highest BCUT2D eigenvalue weighted by molar-refractivity contribution is 5.89. The fourth-order valence-electron chi connectivity index (χ4n) is 1.83. The van der Waals surface area contributed by atoms with E-state index in [0.717, 1.165) is 5.56 Å². The quantitative estimate of drug-likeness (QED) is 0.745. The highest BCUT2D eigenvalue weighted by Crippen LogP contribution is 2.20. The molecule has 8 heteroatoms. The molecule has 23 heavy (non-hydrogen) atoms. The first-order valence-corrected chi connectivity index (χ1v) is 6.95. The Morgan fingerprint density at radius 2 is 2.09 bits per heavy atom. The van der Waals surface area contributed by atoms with E-state index in [1.165, 1.54) is 0 Å². The summed E-state index contributed by atoms with van der Waals surface area (Å²) in [6.45, 7) is 1.85. The molecule has 1 N–H and O–H groups in total. The van der Waals surface area contributed by atoms with Gasteiger partial charge in [-0.1, -0.05) is 28.5 Å². The van der Waals surface area contributed by atoms with Gasteiger partial charge in [-0.2, -0.15) is 0 Å². The molecule has 1 aromatic carbocycles. The smallest absolute Gasteiger partial charge is 0.414 e. The number of rotatable bonds is 6. The van der Waals surface area contributed by atoms with Crippen LogP contribution in [0.4, 0.5) is 5.82 Å². The van der Waals surface area contributed by atoms with Gasteiger partial charge in [-0.3, -0.25) is 4.79 Å². The summed E-state index contributed by atoms with van der Waals surface area (Å²) in [7, 11) is 0. The summed E-state index contributed by atoms with van der Waals surface area (Å²) < 4.78 is 15.5. The van der Waals surface area contributed by atoms with Gasteiger partial charge in [-0.25, -0.2) is 0 Å². The van der Waals surface area contributed by atoms with E-state index < -0.39 is 0 Å². The molecular weight excluding hydrogens is 300 g/mol. The van der Waals surface area contributed by atoms with Gasteiger partial charge in [0, 0.05) is 11.6 Å². The lowest BCUT2D eigenvalue weighted by atomic mass is 10.2. The molecule has 0 spiro atoms. The van der Waals surface area contributed by atoms with Crippen LogP contribution in [0, 0.1) is 6.92 Å². The number of benzene rings is 1. The number of carbonyl (C=O) groups excluding carboxylic acids is 1. The zero-order valence-corrected chi connectivity index (χ0v) is 12.4. The van der Waals surface area contributed by atoms with Crippen LogP contribution in [0.15, 0.2) is 45.3 Å². The molecule has 2 aromatic heterocycles. The number of aryl methyl sites for hydroxylation is 1. The molecule has 0 fully saturated rings. The van der Waals surface area contributed by atoms with Crippen LogP contribution in [0.3, 0.4) is 0 Å². The Bertz CT molecular complexity index is 782. The van der Waals surface area contributed by atoms with Crippen molar-refractivity contribution in [2.75, 3.05) is 11.9 Å². The number of anilines is 1. The van der Waals surface area contributed by atoms with Crippen molar-refractivity contribution in [1.82, 2.24) is 15.4 Å². The van der Waals surface area contributed by atoms with Gasteiger partial charge in [0.2, 0.25) is 5.91 Å². The van der Waals surface area contributed by atoms with Crippen molar-refractivity contribution in [1.29, 1.82) is 0 Å². The van der Waals surface area contributed by atoms with E-state index >= 15 is 0 Å².